The van der Waals surface area contributed by atoms with Crippen molar-refractivity contribution in [3.05, 3.63) is 83.6 Å². The lowest BCUT2D eigenvalue weighted by Gasteiger charge is -2.15. The predicted octanol–water partition coefficient (Wildman–Crippen LogP) is 1.97. The van der Waals surface area contributed by atoms with Crippen molar-refractivity contribution in [1.29, 1.82) is 0 Å². The summed E-state index contributed by atoms with van der Waals surface area (Å²) in [5, 5.41) is 6.80. The number of likely N-dealkylation sites (N-methyl/N-ethyl adjacent to an activating group) is 1. The fourth-order valence-corrected chi connectivity index (χ4v) is 2.54. The van der Waals surface area contributed by atoms with Crippen LogP contribution >= 0.6 is 0 Å². The fraction of sp³-hybridized carbons (Fsp3) is 0.100. The van der Waals surface area contributed by atoms with Crippen molar-refractivity contribution >= 4 is 23.2 Å². The fourth-order valence-electron chi connectivity index (χ4n) is 2.54. The highest BCUT2D eigenvalue weighted by Gasteiger charge is 2.10. The van der Waals surface area contributed by atoms with Crippen molar-refractivity contribution in [1.82, 2.24) is 14.3 Å². The molecular formula is C20H19N5O3. The summed E-state index contributed by atoms with van der Waals surface area (Å²) < 4.78 is 2.64. The van der Waals surface area contributed by atoms with Gasteiger partial charge >= 0.3 is 5.69 Å². The molecule has 0 spiro atoms. The molecule has 3 aromatic rings. The van der Waals surface area contributed by atoms with Gasteiger partial charge in [-0.05, 0) is 54.6 Å². The van der Waals surface area contributed by atoms with Crippen LogP contribution in [0.2, 0.25) is 0 Å². The smallest absolute Gasteiger partial charge is 0.322 e. The van der Waals surface area contributed by atoms with E-state index < -0.39 is 0 Å². The zero-order valence-corrected chi connectivity index (χ0v) is 15.5. The molecule has 0 bridgehead atoms. The van der Waals surface area contributed by atoms with Crippen LogP contribution in [0.3, 0.4) is 0 Å². The van der Waals surface area contributed by atoms with Crippen LogP contribution < -0.4 is 15.9 Å². The Morgan fingerprint density at radius 1 is 1.11 bits per heavy atom. The molecule has 1 N–H and O–H groups in total. The van der Waals surface area contributed by atoms with Gasteiger partial charge in [-0.25, -0.2) is 4.79 Å². The van der Waals surface area contributed by atoms with E-state index in [0.717, 1.165) is 0 Å². The molecule has 0 aliphatic carbocycles. The number of anilines is 2. The van der Waals surface area contributed by atoms with Crippen molar-refractivity contribution in [3.8, 4) is 5.69 Å². The number of benzene rings is 2. The lowest BCUT2D eigenvalue weighted by Crippen LogP contribution is -2.23. The first kappa shape index (κ1) is 18.8. The van der Waals surface area contributed by atoms with Crippen LogP contribution in [-0.4, -0.2) is 33.2 Å². The molecule has 0 radical (unpaired) electrons. The van der Waals surface area contributed by atoms with E-state index in [-0.39, 0.29) is 17.5 Å². The lowest BCUT2D eigenvalue weighted by atomic mass is 10.1. The van der Waals surface area contributed by atoms with E-state index in [0.29, 0.717) is 22.6 Å². The molecule has 0 aliphatic rings. The normalized spacial score (nSPS) is 10.4. The van der Waals surface area contributed by atoms with Crippen molar-refractivity contribution in [3.63, 3.8) is 0 Å². The van der Waals surface area contributed by atoms with E-state index in [1.807, 2.05) is 0 Å². The zero-order chi connectivity index (χ0) is 20.3. The molecule has 8 heteroatoms. The number of aromatic nitrogens is 3. The summed E-state index contributed by atoms with van der Waals surface area (Å²) in [7, 11) is 3.25. The minimum atomic E-state index is -0.285. The van der Waals surface area contributed by atoms with Gasteiger partial charge < -0.3 is 10.2 Å². The predicted molar refractivity (Wildman–Crippen MR) is 107 cm³/mol. The maximum atomic E-state index is 12.4. The van der Waals surface area contributed by atoms with E-state index in [2.05, 4.69) is 17.0 Å². The number of hydrogen-bond donors (Lipinski definition) is 1. The second-order valence-electron chi connectivity index (χ2n) is 6.09. The molecule has 0 atom stereocenters. The van der Waals surface area contributed by atoms with E-state index in [1.54, 1.807) is 62.6 Å². The molecule has 142 valence electrons. The summed E-state index contributed by atoms with van der Waals surface area (Å²) in [4.78, 5) is 37.4. The highest BCUT2D eigenvalue weighted by Crippen LogP contribution is 2.16. The van der Waals surface area contributed by atoms with E-state index in [9.17, 15) is 14.4 Å². The van der Waals surface area contributed by atoms with Crippen LogP contribution in [0.4, 0.5) is 11.4 Å². The molecule has 2 amide bonds. The third kappa shape index (κ3) is 3.75. The molecule has 0 fully saturated rings. The number of carbonyl (C=O) groups is 2. The molecule has 0 unspecified atom stereocenters. The largest absolute Gasteiger partial charge is 0.350 e. The van der Waals surface area contributed by atoms with Crippen LogP contribution in [0.1, 0.15) is 10.4 Å². The van der Waals surface area contributed by atoms with Crippen LogP contribution in [0.25, 0.3) is 5.69 Å². The SMILES string of the molecule is C=CC(=O)N(C)c1ccc(C(=O)Nc2ccc(-n3ncn(C)c3=O)cc2)cc1. The van der Waals surface area contributed by atoms with Crippen molar-refractivity contribution < 1.29 is 9.59 Å². The average Bonchev–Trinajstić information content (AvgIpc) is 3.06. The molecule has 0 aliphatic heterocycles. The number of rotatable bonds is 5. The molecule has 1 heterocycles. The first-order chi connectivity index (χ1) is 13.4. The molecular weight excluding hydrogens is 358 g/mol. The van der Waals surface area contributed by atoms with Gasteiger partial charge in [0, 0.05) is 31.0 Å². The number of aryl methyl sites for hydroxylation is 1. The summed E-state index contributed by atoms with van der Waals surface area (Å²) in [5.74, 6) is -0.517. The van der Waals surface area contributed by atoms with Gasteiger partial charge in [0.05, 0.1) is 5.69 Å². The molecule has 28 heavy (non-hydrogen) atoms. The van der Waals surface area contributed by atoms with Crippen LogP contribution in [0.15, 0.2) is 72.3 Å². The number of amides is 2. The highest BCUT2D eigenvalue weighted by molar-refractivity contribution is 6.05. The Morgan fingerprint density at radius 3 is 2.29 bits per heavy atom. The van der Waals surface area contributed by atoms with Gasteiger partial charge in [-0.15, -0.1) is 0 Å². The van der Waals surface area contributed by atoms with Crippen molar-refractivity contribution in [2.24, 2.45) is 7.05 Å². The molecule has 8 nitrogen and oxygen atoms in total. The number of nitrogens with zero attached hydrogens (tertiary/aromatic N) is 4. The first-order valence-corrected chi connectivity index (χ1v) is 8.43. The Bertz CT molecular complexity index is 1080. The van der Waals surface area contributed by atoms with E-state index in [4.69, 9.17) is 0 Å². The maximum Gasteiger partial charge on any atom is 0.350 e. The second-order valence-corrected chi connectivity index (χ2v) is 6.09. The Hall–Kier alpha value is -3.94. The van der Waals surface area contributed by atoms with Crippen LogP contribution in [-0.2, 0) is 11.8 Å². The van der Waals surface area contributed by atoms with Gasteiger partial charge in [-0.2, -0.15) is 9.78 Å². The number of nitrogens with one attached hydrogen (secondary N) is 1. The standard InChI is InChI=1S/C20H19N5O3/c1-4-18(26)24(3)16-9-5-14(6-10-16)19(27)22-15-7-11-17(12-8-15)25-20(28)23(2)13-21-25/h4-13H,1H2,2-3H3,(H,22,27). The summed E-state index contributed by atoms with van der Waals surface area (Å²) in [6, 6.07) is 13.4. The van der Waals surface area contributed by atoms with Crippen LogP contribution in [0, 0.1) is 0 Å². The van der Waals surface area contributed by atoms with E-state index >= 15 is 0 Å². The van der Waals surface area contributed by atoms with Gasteiger partial charge in [0.2, 0.25) is 5.91 Å². The quantitative estimate of drug-likeness (QED) is 0.689. The lowest BCUT2D eigenvalue weighted by molar-refractivity contribution is -0.113. The van der Waals surface area contributed by atoms with Crippen molar-refractivity contribution in [2.75, 3.05) is 17.3 Å². The van der Waals surface area contributed by atoms with Crippen LogP contribution in [0.5, 0.6) is 0 Å². The Morgan fingerprint density at radius 2 is 1.75 bits per heavy atom. The van der Waals surface area contributed by atoms with Gasteiger partial charge in [-0.1, -0.05) is 6.58 Å². The van der Waals surface area contributed by atoms with Gasteiger partial charge in [0.15, 0.2) is 0 Å². The monoisotopic (exact) mass is 377 g/mol. The third-order valence-electron chi connectivity index (χ3n) is 4.21. The Kier molecular flexibility index (Phi) is 5.21. The van der Waals surface area contributed by atoms with E-state index in [1.165, 1.54) is 26.6 Å². The first-order valence-electron chi connectivity index (χ1n) is 8.43. The molecule has 0 saturated heterocycles. The van der Waals surface area contributed by atoms with Crippen molar-refractivity contribution in [2.45, 2.75) is 0 Å². The summed E-state index contributed by atoms with van der Waals surface area (Å²) in [6.07, 6.45) is 2.66. The van der Waals surface area contributed by atoms with Gasteiger partial charge in [0.25, 0.3) is 5.91 Å². The van der Waals surface area contributed by atoms with Gasteiger partial charge in [0.1, 0.15) is 6.33 Å². The summed E-state index contributed by atoms with van der Waals surface area (Å²) >= 11 is 0. The number of carbonyl (C=O) groups excluding carboxylic acids is 2. The minimum absolute atomic E-state index is 0.232. The highest BCUT2D eigenvalue weighted by atomic mass is 16.2. The average molecular weight is 377 g/mol. The summed E-state index contributed by atoms with van der Waals surface area (Å²) in [5.41, 5.74) is 2.04. The maximum absolute atomic E-state index is 12.4. The number of hydrogen-bond acceptors (Lipinski definition) is 4. The minimum Gasteiger partial charge on any atom is -0.322 e. The molecule has 0 saturated carbocycles. The zero-order valence-electron chi connectivity index (χ0n) is 15.5. The van der Waals surface area contributed by atoms with Gasteiger partial charge in [-0.3, -0.25) is 14.2 Å². The third-order valence-corrected chi connectivity index (χ3v) is 4.21. The second kappa shape index (κ2) is 7.75. The Labute approximate surface area is 161 Å². The molecule has 3 rings (SSSR count). The molecule has 1 aromatic heterocycles. The Balaban J connectivity index is 1.71. The summed E-state index contributed by atoms with van der Waals surface area (Å²) in [6.45, 7) is 3.45. The topological polar surface area (TPSA) is 89.2 Å². The molecule has 2 aromatic carbocycles.